The summed E-state index contributed by atoms with van der Waals surface area (Å²) in [6.45, 7) is 3.33. The molecule has 14 heavy (non-hydrogen) atoms. The van der Waals surface area contributed by atoms with Crippen molar-refractivity contribution in [2.75, 3.05) is 26.3 Å². The summed E-state index contributed by atoms with van der Waals surface area (Å²) in [6, 6.07) is -0.109. The molecule has 0 bridgehead atoms. The highest BCUT2D eigenvalue weighted by Crippen LogP contribution is 2.24. The van der Waals surface area contributed by atoms with Gasteiger partial charge in [-0.3, -0.25) is 0 Å². The van der Waals surface area contributed by atoms with E-state index in [2.05, 4.69) is 16.2 Å². The van der Waals surface area contributed by atoms with E-state index >= 15 is 0 Å². The zero-order chi connectivity index (χ0) is 9.80. The van der Waals surface area contributed by atoms with Crippen LogP contribution in [0.1, 0.15) is 19.3 Å². The smallest absolute Gasteiger partial charge is 0.131 e. The number of nitrogens with zero attached hydrogens (tertiary/aromatic N) is 2. The van der Waals surface area contributed by atoms with Crippen LogP contribution in [0.15, 0.2) is 16.9 Å². The van der Waals surface area contributed by atoms with Gasteiger partial charge in [-0.25, -0.2) is 0 Å². The summed E-state index contributed by atoms with van der Waals surface area (Å²) < 4.78 is 5.28. The van der Waals surface area contributed by atoms with Crippen molar-refractivity contribution in [2.45, 2.75) is 25.3 Å². The van der Waals surface area contributed by atoms with Crippen LogP contribution in [-0.2, 0) is 4.74 Å². The molecule has 4 nitrogen and oxygen atoms in total. The summed E-state index contributed by atoms with van der Waals surface area (Å²) in [5, 5.41) is 3.20. The average Bonchev–Trinajstić information content (AvgIpc) is 2.30. The Balaban J connectivity index is 2.05. The summed E-state index contributed by atoms with van der Waals surface area (Å²) in [5.41, 5.74) is 1.13. The SMILES string of the molecule is O=NC1CCCC=C1N1CCOCC1. The molecule has 1 unspecified atom stereocenters. The molecule has 0 aromatic carbocycles. The maximum absolute atomic E-state index is 10.7. The van der Waals surface area contributed by atoms with Crippen molar-refractivity contribution in [1.29, 1.82) is 0 Å². The lowest BCUT2D eigenvalue weighted by atomic mass is 9.98. The van der Waals surface area contributed by atoms with Crippen molar-refractivity contribution in [3.63, 3.8) is 0 Å². The van der Waals surface area contributed by atoms with E-state index in [0.29, 0.717) is 0 Å². The maximum Gasteiger partial charge on any atom is 0.131 e. The summed E-state index contributed by atoms with van der Waals surface area (Å²) in [7, 11) is 0. The van der Waals surface area contributed by atoms with Crippen LogP contribution < -0.4 is 0 Å². The second kappa shape index (κ2) is 4.55. The molecule has 78 valence electrons. The fraction of sp³-hybridized carbons (Fsp3) is 0.800. The van der Waals surface area contributed by atoms with Crippen LogP contribution in [0, 0.1) is 4.91 Å². The molecule has 0 radical (unpaired) electrons. The Labute approximate surface area is 83.9 Å². The Morgan fingerprint density at radius 3 is 2.93 bits per heavy atom. The second-order valence-electron chi connectivity index (χ2n) is 3.78. The number of morpholine rings is 1. The zero-order valence-corrected chi connectivity index (χ0v) is 8.32. The minimum Gasteiger partial charge on any atom is -0.378 e. The van der Waals surface area contributed by atoms with E-state index in [0.717, 1.165) is 51.3 Å². The number of ether oxygens (including phenoxy) is 1. The number of hydrogen-bond donors (Lipinski definition) is 0. The van der Waals surface area contributed by atoms with Crippen LogP contribution >= 0.6 is 0 Å². The monoisotopic (exact) mass is 196 g/mol. The van der Waals surface area contributed by atoms with E-state index in [-0.39, 0.29) is 6.04 Å². The van der Waals surface area contributed by atoms with Crippen molar-refractivity contribution in [3.05, 3.63) is 16.7 Å². The maximum atomic E-state index is 10.7. The van der Waals surface area contributed by atoms with Crippen molar-refractivity contribution in [3.8, 4) is 0 Å². The van der Waals surface area contributed by atoms with Gasteiger partial charge in [-0.1, -0.05) is 11.3 Å². The lowest BCUT2D eigenvalue weighted by Gasteiger charge is -2.34. The van der Waals surface area contributed by atoms with Gasteiger partial charge in [-0.15, -0.1) is 0 Å². The number of rotatable bonds is 2. The lowest BCUT2D eigenvalue weighted by Crippen LogP contribution is -2.39. The molecule has 1 heterocycles. The van der Waals surface area contributed by atoms with Crippen molar-refractivity contribution in [2.24, 2.45) is 5.18 Å². The van der Waals surface area contributed by atoms with Crippen LogP contribution in [0.2, 0.25) is 0 Å². The largest absolute Gasteiger partial charge is 0.378 e. The first-order valence-corrected chi connectivity index (χ1v) is 5.27. The third kappa shape index (κ3) is 1.95. The van der Waals surface area contributed by atoms with Gasteiger partial charge in [0.25, 0.3) is 0 Å². The normalized spacial score (nSPS) is 28.4. The Morgan fingerprint density at radius 1 is 1.43 bits per heavy atom. The van der Waals surface area contributed by atoms with E-state index in [1.165, 1.54) is 0 Å². The molecule has 1 aliphatic heterocycles. The second-order valence-corrected chi connectivity index (χ2v) is 3.78. The predicted molar refractivity (Wildman–Crippen MR) is 53.9 cm³/mol. The molecule has 1 aliphatic carbocycles. The Kier molecular flexibility index (Phi) is 3.14. The van der Waals surface area contributed by atoms with Gasteiger partial charge < -0.3 is 9.64 Å². The summed E-state index contributed by atoms with van der Waals surface area (Å²) in [5.74, 6) is 0. The molecular formula is C10H16N2O2. The van der Waals surface area contributed by atoms with E-state index in [1.807, 2.05) is 0 Å². The molecule has 0 aromatic heterocycles. The van der Waals surface area contributed by atoms with Gasteiger partial charge in [0.05, 0.1) is 13.2 Å². The standard InChI is InChI=1S/C10H16N2O2/c13-11-9-3-1-2-4-10(9)12-5-7-14-8-6-12/h4,9H,1-3,5-8H2. The van der Waals surface area contributed by atoms with E-state index < -0.39 is 0 Å². The van der Waals surface area contributed by atoms with E-state index in [9.17, 15) is 4.91 Å². The fourth-order valence-corrected chi connectivity index (χ4v) is 2.11. The third-order valence-electron chi connectivity index (χ3n) is 2.88. The first-order chi connectivity index (χ1) is 6.92. The molecule has 1 saturated heterocycles. The quantitative estimate of drug-likeness (QED) is 0.629. The summed E-state index contributed by atoms with van der Waals surface area (Å²) in [6.07, 6.45) is 5.25. The molecule has 2 aliphatic rings. The summed E-state index contributed by atoms with van der Waals surface area (Å²) in [4.78, 5) is 12.9. The Bertz CT molecular complexity index is 234. The first kappa shape index (κ1) is 9.65. The average molecular weight is 196 g/mol. The number of hydrogen-bond acceptors (Lipinski definition) is 4. The molecule has 0 N–H and O–H groups in total. The van der Waals surface area contributed by atoms with Gasteiger partial charge in [0.2, 0.25) is 0 Å². The molecule has 2 rings (SSSR count). The zero-order valence-electron chi connectivity index (χ0n) is 8.32. The van der Waals surface area contributed by atoms with Gasteiger partial charge >= 0.3 is 0 Å². The third-order valence-corrected chi connectivity index (χ3v) is 2.88. The Hall–Kier alpha value is -0.900. The molecule has 0 spiro atoms. The van der Waals surface area contributed by atoms with Crippen molar-refractivity contribution < 1.29 is 4.74 Å². The van der Waals surface area contributed by atoms with Gasteiger partial charge in [0.15, 0.2) is 0 Å². The molecule has 0 saturated carbocycles. The topological polar surface area (TPSA) is 41.9 Å². The highest BCUT2D eigenvalue weighted by molar-refractivity contribution is 5.13. The molecule has 0 aromatic rings. The highest BCUT2D eigenvalue weighted by atomic mass is 16.5. The van der Waals surface area contributed by atoms with Gasteiger partial charge in [-0.05, 0) is 19.3 Å². The number of allylic oxidation sites excluding steroid dienone is 1. The Morgan fingerprint density at radius 2 is 2.21 bits per heavy atom. The van der Waals surface area contributed by atoms with Gasteiger partial charge in [0.1, 0.15) is 6.04 Å². The molecule has 4 heteroatoms. The highest BCUT2D eigenvalue weighted by Gasteiger charge is 2.24. The minimum absolute atomic E-state index is 0.109. The van der Waals surface area contributed by atoms with Crippen molar-refractivity contribution >= 4 is 0 Å². The molecule has 1 fully saturated rings. The van der Waals surface area contributed by atoms with E-state index in [1.54, 1.807) is 0 Å². The molecule has 1 atom stereocenters. The van der Waals surface area contributed by atoms with Gasteiger partial charge in [0, 0.05) is 18.8 Å². The van der Waals surface area contributed by atoms with Gasteiger partial charge in [-0.2, -0.15) is 4.91 Å². The van der Waals surface area contributed by atoms with E-state index in [4.69, 9.17) is 4.74 Å². The first-order valence-electron chi connectivity index (χ1n) is 5.27. The predicted octanol–water partition coefficient (Wildman–Crippen LogP) is 1.52. The van der Waals surface area contributed by atoms with Crippen LogP contribution in [-0.4, -0.2) is 37.2 Å². The summed E-state index contributed by atoms with van der Waals surface area (Å²) >= 11 is 0. The van der Waals surface area contributed by atoms with Crippen molar-refractivity contribution in [1.82, 2.24) is 4.90 Å². The molecule has 0 amide bonds. The lowest BCUT2D eigenvalue weighted by molar-refractivity contribution is 0.0499. The molecular weight excluding hydrogens is 180 g/mol. The van der Waals surface area contributed by atoms with Crippen LogP contribution in [0.5, 0.6) is 0 Å². The van der Waals surface area contributed by atoms with Crippen LogP contribution in [0.4, 0.5) is 0 Å². The fourth-order valence-electron chi connectivity index (χ4n) is 2.11. The van der Waals surface area contributed by atoms with Crippen LogP contribution in [0.3, 0.4) is 0 Å². The number of nitroso groups, excluding NO2 is 1. The minimum atomic E-state index is -0.109. The van der Waals surface area contributed by atoms with Crippen LogP contribution in [0.25, 0.3) is 0 Å².